The first kappa shape index (κ1) is 7.37. The summed E-state index contributed by atoms with van der Waals surface area (Å²) in [5, 5.41) is 0. The zero-order chi connectivity index (χ0) is 7.97. The molecule has 3 aliphatic rings. The molecule has 0 amide bonds. The van der Waals surface area contributed by atoms with E-state index in [1.165, 1.54) is 38.5 Å². The number of rotatable bonds is 0. The summed E-state index contributed by atoms with van der Waals surface area (Å²) < 4.78 is 5.86. The summed E-state index contributed by atoms with van der Waals surface area (Å²) >= 11 is 0. The van der Waals surface area contributed by atoms with Gasteiger partial charge in [0.25, 0.3) is 0 Å². The quantitative estimate of drug-likeness (QED) is 0.537. The van der Waals surface area contributed by atoms with Crippen molar-refractivity contribution in [1.82, 2.24) is 0 Å². The van der Waals surface area contributed by atoms with Gasteiger partial charge in [0.05, 0.1) is 12.7 Å². The fourth-order valence-corrected chi connectivity index (χ4v) is 3.57. The molecule has 68 valence electrons. The van der Waals surface area contributed by atoms with Crippen LogP contribution in [0.3, 0.4) is 0 Å². The normalized spacial score (nSPS) is 52.0. The largest absolute Gasteiger partial charge is 0.378 e. The molecule has 3 rings (SSSR count). The third-order valence-electron chi connectivity index (χ3n) is 4.20. The van der Waals surface area contributed by atoms with Crippen LogP contribution < -0.4 is 0 Å². The van der Waals surface area contributed by atoms with Crippen LogP contribution in [-0.2, 0) is 4.74 Å². The van der Waals surface area contributed by atoms with E-state index < -0.39 is 0 Å². The van der Waals surface area contributed by atoms with Gasteiger partial charge in [-0.2, -0.15) is 0 Å². The van der Waals surface area contributed by atoms with Gasteiger partial charge in [-0.3, -0.25) is 0 Å². The van der Waals surface area contributed by atoms with Crippen LogP contribution in [0.25, 0.3) is 0 Å². The molecule has 2 saturated carbocycles. The van der Waals surface area contributed by atoms with Gasteiger partial charge in [-0.05, 0) is 43.4 Å². The number of hydrogen-bond acceptors (Lipinski definition) is 1. The predicted molar refractivity (Wildman–Crippen MR) is 47.9 cm³/mol. The maximum absolute atomic E-state index is 5.86. The van der Waals surface area contributed by atoms with Gasteiger partial charge in [0.1, 0.15) is 0 Å². The molecule has 0 aromatic rings. The van der Waals surface area contributed by atoms with E-state index in [1.54, 1.807) is 0 Å². The lowest BCUT2D eigenvalue weighted by Gasteiger charge is -2.41. The average Bonchev–Trinajstić information content (AvgIpc) is 2.16. The van der Waals surface area contributed by atoms with Crippen LogP contribution in [0, 0.1) is 17.8 Å². The summed E-state index contributed by atoms with van der Waals surface area (Å²) in [6, 6.07) is 0. The molecule has 1 aliphatic heterocycles. The third kappa shape index (κ3) is 1.10. The lowest BCUT2D eigenvalue weighted by Crippen LogP contribution is -2.38. The van der Waals surface area contributed by atoms with Crippen LogP contribution in [0.5, 0.6) is 0 Å². The minimum Gasteiger partial charge on any atom is -0.378 e. The van der Waals surface area contributed by atoms with Crippen LogP contribution in [0.15, 0.2) is 0 Å². The molecule has 12 heavy (non-hydrogen) atoms. The highest BCUT2D eigenvalue weighted by molar-refractivity contribution is 4.89. The Labute approximate surface area is 74.5 Å². The standard InChI is InChI=1S/C11H18O/c1-2-8-4-10-6-11(5-8)12-7-9(10)3-1/h8-11H,1-7H2. The van der Waals surface area contributed by atoms with Crippen molar-refractivity contribution in [3.05, 3.63) is 0 Å². The predicted octanol–water partition coefficient (Wildman–Crippen LogP) is 2.60. The molecule has 0 aromatic heterocycles. The van der Waals surface area contributed by atoms with Crippen molar-refractivity contribution in [2.24, 2.45) is 17.8 Å². The maximum atomic E-state index is 5.86. The summed E-state index contributed by atoms with van der Waals surface area (Å²) in [6.45, 7) is 1.09. The zero-order valence-electron chi connectivity index (χ0n) is 7.67. The van der Waals surface area contributed by atoms with E-state index in [-0.39, 0.29) is 0 Å². The van der Waals surface area contributed by atoms with Crippen LogP contribution in [0.2, 0.25) is 0 Å². The highest BCUT2D eigenvalue weighted by atomic mass is 16.5. The Morgan fingerprint density at radius 1 is 0.917 bits per heavy atom. The highest BCUT2D eigenvalue weighted by Gasteiger charge is 2.39. The molecule has 2 aliphatic carbocycles. The number of hydrogen-bond donors (Lipinski definition) is 0. The average molecular weight is 166 g/mol. The van der Waals surface area contributed by atoms with Gasteiger partial charge in [-0.1, -0.05) is 12.8 Å². The Bertz CT molecular complexity index is 174. The monoisotopic (exact) mass is 166 g/mol. The van der Waals surface area contributed by atoms with Gasteiger partial charge < -0.3 is 4.74 Å². The van der Waals surface area contributed by atoms with Crippen molar-refractivity contribution in [3.8, 4) is 0 Å². The number of fused-ring (bicyclic) bond motifs is 2. The molecule has 3 bridgehead atoms. The topological polar surface area (TPSA) is 9.23 Å². The lowest BCUT2D eigenvalue weighted by molar-refractivity contribution is -0.0801. The van der Waals surface area contributed by atoms with E-state index in [0.717, 1.165) is 24.4 Å². The third-order valence-corrected chi connectivity index (χ3v) is 4.20. The van der Waals surface area contributed by atoms with E-state index in [1.807, 2.05) is 0 Å². The minimum absolute atomic E-state index is 0.656. The Balaban J connectivity index is 1.86. The Hall–Kier alpha value is -0.0400. The van der Waals surface area contributed by atoms with Crippen LogP contribution >= 0.6 is 0 Å². The second-order valence-corrected chi connectivity index (χ2v) is 4.98. The van der Waals surface area contributed by atoms with E-state index in [9.17, 15) is 0 Å². The van der Waals surface area contributed by atoms with Crippen LogP contribution in [-0.4, -0.2) is 12.7 Å². The van der Waals surface area contributed by atoms with Crippen molar-refractivity contribution in [3.63, 3.8) is 0 Å². The molecule has 0 radical (unpaired) electrons. The molecule has 1 heteroatoms. The molecule has 0 aromatic carbocycles. The van der Waals surface area contributed by atoms with Crippen molar-refractivity contribution >= 4 is 0 Å². The maximum Gasteiger partial charge on any atom is 0.0580 e. The van der Waals surface area contributed by atoms with Crippen molar-refractivity contribution < 1.29 is 4.74 Å². The Morgan fingerprint density at radius 3 is 2.92 bits per heavy atom. The first-order chi connectivity index (χ1) is 5.92. The summed E-state index contributed by atoms with van der Waals surface area (Å²) in [5.74, 6) is 3.01. The van der Waals surface area contributed by atoms with Crippen LogP contribution in [0.1, 0.15) is 38.5 Å². The first-order valence-corrected chi connectivity index (χ1v) is 5.53. The molecule has 1 nitrogen and oxygen atoms in total. The lowest BCUT2D eigenvalue weighted by atomic mass is 9.73. The van der Waals surface area contributed by atoms with Crippen LogP contribution in [0.4, 0.5) is 0 Å². The second kappa shape index (κ2) is 2.73. The summed E-state index contributed by atoms with van der Waals surface area (Å²) in [4.78, 5) is 0. The molecule has 1 saturated heterocycles. The highest BCUT2D eigenvalue weighted by Crippen LogP contribution is 2.45. The molecule has 3 fully saturated rings. The van der Waals surface area contributed by atoms with Gasteiger partial charge in [0, 0.05) is 0 Å². The van der Waals surface area contributed by atoms with Gasteiger partial charge in [0.2, 0.25) is 0 Å². The Morgan fingerprint density at radius 2 is 1.92 bits per heavy atom. The van der Waals surface area contributed by atoms with Crippen molar-refractivity contribution in [2.75, 3.05) is 6.61 Å². The van der Waals surface area contributed by atoms with Gasteiger partial charge in [-0.25, -0.2) is 0 Å². The molecular formula is C11H18O. The molecule has 0 spiro atoms. The number of ether oxygens (including phenoxy) is 1. The van der Waals surface area contributed by atoms with Crippen molar-refractivity contribution in [2.45, 2.75) is 44.6 Å². The second-order valence-electron chi connectivity index (χ2n) is 4.98. The molecule has 4 atom stereocenters. The summed E-state index contributed by atoms with van der Waals surface area (Å²) in [5.41, 5.74) is 0. The molecular weight excluding hydrogens is 148 g/mol. The van der Waals surface area contributed by atoms with E-state index in [2.05, 4.69) is 0 Å². The Kier molecular flexibility index (Phi) is 1.68. The van der Waals surface area contributed by atoms with Gasteiger partial charge in [-0.15, -0.1) is 0 Å². The molecule has 1 heterocycles. The van der Waals surface area contributed by atoms with Crippen molar-refractivity contribution in [1.29, 1.82) is 0 Å². The van der Waals surface area contributed by atoms with Gasteiger partial charge in [0.15, 0.2) is 0 Å². The SMILES string of the molecule is C1CC2CC3CC(C2)C(C1)CO3. The fourth-order valence-electron chi connectivity index (χ4n) is 3.57. The fraction of sp³-hybridized carbons (Fsp3) is 1.00. The minimum atomic E-state index is 0.656. The smallest absolute Gasteiger partial charge is 0.0580 e. The molecule has 0 N–H and O–H groups in total. The van der Waals surface area contributed by atoms with E-state index in [0.29, 0.717) is 6.10 Å². The van der Waals surface area contributed by atoms with E-state index >= 15 is 0 Å². The molecule has 4 unspecified atom stereocenters. The summed E-state index contributed by atoms with van der Waals surface area (Å²) in [6.07, 6.45) is 9.38. The zero-order valence-corrected chi connectivity index (χ0v) is 7.67. The first-order valence-electron chi connectivity index (χ1n) is 5.53. The van der Waals surface area contributed by atoms with E-state index in [4.69, 9.17) is 4.74 Å². The van der Waals surface area contributed by atoms with Gasteiger partial charge >= 0.3 is 0 Å². The summed E-state index contributed by atoms with van der Waals surface area (Å²) in [7, 11) is 0.